The molecule has 0 unspecified atom stereocenters. The van der Waals surface area contributed by atoms with Crippen molar-refractivity contribution in [2.75, 3.05) is 11.9 Å². The smallest absolute Gasteiger partial charge is 0.255 e. The van der Waals surface area contributed by atoms with Crippen LogP contribution in [0.15, 0.2) is 61.2 Å². The number of hydrogen-bond donors (Lipinski definition) is 2. The van der Waals surface area contributed by atoms with Crippen LogP contribution < -0.4 is 10.6 Å². The van der Waals surface area contributed by atoms with Crippen LogP contribution in [0.25, 0.3) is 0 Å². The molecule has 0 spiro atoms. The molecule has 2 N–H and O–H groups in total. The lowest BCUT2D eigenvalue weighted by molar-refractivity contribution is 0.0958. The number of carbonyl (C=O) groups is 2. The average Bonchev–Trinajstić information content (AvgIpc) is 2.59. The highest BCUT2D eigenvalue weighted by atomic mass is 16.2. The van der Waals surface area contributed by atoms with Crippen molar-refractivity contribution in [3.05, 3.63) is 77.9 Å². The Balaban J connectivity index is 2.10. The Hall–Kier alpha value is -2.88. The lowest BCUT2D eigenvalue weighted by atomic mass is 9.87. The maximum atomic E-state index is 12.4. The zero-order valence-electron chi connectivity index (χ0n) is 14.9. The molecule has 130 valence electrons. The second kappa shape index (κ2) is 7.79. The molecule has 4 heteroatoms. The van der Waals surface area contributed by atoms with Gasteiger partial charge >= 0.3 is 0 Å². The molecule has 0 aromatic heterocycles. The van der Waals surface area contributed by atoms with Gasteiger partial charge in [0, 0.05) is 23.4 Å². The minimum absolute atomic E-state index is 0.0651. The highest BCUT2D eigenvalue weighted by Crippen LogP contribution is 2.23. The summed E-state index contributed by atoms with van der Waals surface area (Å²) in [6.45, 7) is 10.4. The third kappa shape index (κ3) is 5.05. The van der Waals surface area contributed by atoms with E-state index in [0.717, 1.165) is 5.69 Å². The summed E-state index contributed by atoms with van der Waals surface area (Å²) in [6.07, 6.45) is 1.61. The first-order valence-corrected chi connectivity index (χ1v) is 8.22. The normalized spacial score (nSPS) is 10.8. The molecule has 0 saturated heterocycles. The molecule has 0 aliphatic rings. The number of carbonyl (C=O) groups excluding carboxylic acids is 2. The van der Waals surface area contributed by atoms with Gasteiger partial charge in [-0.2, -0.15) is 0 Å². The maximum absolute atomic E-state index is 12.4. The maximum Gasteiger partial charge on any atom is 0.255 e. The monoisotopic (exact) mass is 336 g/mol. The van der Waals surface area contributed by atoms with Crippen LogP contribution >= 0.6 is 0 Å². The molecule has 0 aliphatic heterocycles. The second-order valence-electron chi connectivity index (χ2n) is 6.86. The van der Waals surface area contributed by atoms with Crippen molar-refractivity contribution in [1.29, 1.82) is 0 Å². The van der Waals surface area contributed by atoms with E-state index in [4.69, 9.17) is 0 Å². The Morgan fingerprint density at radius 1 is 1.00 bits per heavy atom. The van der Waals surface area contributed by atoms with Gasteiger partial charge in [-0.1, -0.05) is 45.0 Å². The number of amides is 2. The van der Waals surface area contributed by atoms with E-state index >= 15 is 0 Å². The van der Waals surface area contributed by atoms with Gasteiger partial charge in [0.25, 0.3) is 11.8 Å². The summed E-state index contributed by atoms with van der Waals surface area (Å²) in [5.74, 6) is -0.481. The van der Waals surface area contributed by atoms with E-state index in [-0.39, 0.29) is 17.2 Å². The fraction of sp³-hybridized carbons (Fsp3) is 0.238. The van der Waals surface area contributed by atoms with Gasteiger partial charge in [-0.3, -0.25) is 9.59 Å². The van der Waals surface area contributed by atoms with Crippen molar-refractivity contribution in [2.24, 2.45) is 0 Å². The van der Waals surface area contributed by atoms with Gasteiger partial charge < -0.3 is 10.6 Å². The van der Waals surface area contributed by atoms with E-state index in [1.54, 1.807) is 30.3 Å². The molecule has 2 rings (SSSR count). The molecule has 0 heterocycles. The van der Waals surface area contributed by atoms with Crippen molar-refractivity contribution in [3.63, 3.8) is 0 Å². The molecule has 0 atom stereocenters. The lowest BCUT2D eigenvalue weighted by Crippen LogP contribution is -2.23. The highest BCUT2D eigenvalue weighted by Gasteiger charge is 2.14. The molecule has 0 saturated carbocycles. The average molecular weight is 336 g/mol. The van der Waals surface area contributed by atoms with Crippen molar-refractivity contribution < 1.29 is 9.59 Å². The first kappa shape index (κ1) is 18.5. The largest absolute Gasteiger partial charge is 0.349 e. The molecule has 0 fully saturated rings. The number of nitrogens with one attached hydrogen (secondary N) is 2. The Morgan fingerprint density at radius 3 is 2.16 bits per heavy atom. The van der Waals surface area contributed by atoms with E-state index in [0.29, 0.717) is 17.7 Å². The van der Waals surface area contributed by atoms with E-state index in [9.17, 15) is 9.59 Å². The van der Waals surface area contributed by atoms with Crippen LogP contribution in [-0.4, -0.2) is 18.4 Å². The van der Waals surface area contributed by atoms with E-state index in [1.807, 2.05) is 24.3 Å². The van der Waals surface area contributed by atoms with Crippen molar-refractivity contribution in [3.8, 4) is 0 Å². The number of hydrogen-bond acceptors (Lipinski definition) is 2. The van der Waals surface area contributed by atoms with Crippen molar-refractivity contribution >= 4 is 17.5 Å². The van der Waals surface area contributed by atoms with Crippen molar-refractivity contribution in [2.45, 2.75) is 26.2 Å². The molecular formula is C21H24N2O2. The number of anilines is 1. The summed E-state index contributed by atoms with van der Waals surface area (Å²) in [4.78, 5) is 24.4. The predicted molar refractivity (Wildman–Crippen MR) is 102 cm³/mol. The fourth-order valence-electron chi connectivity index (χ4n) is 2.33. The van der Waals surface area contributed by atoms with E-state index in [1.165, 1.54) is 5.56 Å². The SMILES string of the molecule is C=CCNC(=O)c1cccc(C(=O)Nc2ccc(C(C)(C)C)cc2)c1. The zero-order valence-corrected chi connectivity index (χ0v) is 14.9. The summed E-state index contributed by atoms with van der Waals surface area (Å²) in [5, 5.41) is 5.56. The lowest BCUT2D eigenvalue weighted by Gasteiger charge is -2.19. The quantitative estimate of drug-likeness (QED) is 0.806. The van der Waals surface area contributed by atoms with Gasteiger partial charge in [-0.15, -0.1) is 6.58 Å². The molecule has 2 aromatic carbocycles. The standard InChI is InChI=1S/C21H24N2O2/c1-5-13-22-19(24)15-7-6-8-16(14-15)20(25)23-18-11-9-17(10-12-18)21(2,3)4/h5-12,14H,1,13H2,2-4H3,(H,22,24)(H,23,25). The highest BCUT2D eigenvalue weighted by molar-refractivity contribution is 6.06. The first-order valence-electron chi connectivity index (χ1n) is 8.22. The Labute approximate surface area is 149 Å². The summed E-state index contributed by atoms with van der Waals surface area (Å²) < 4.78 is 0. The molecule has 4 nitrogen and oxygen atoms in total. The zero-order chi connectivity index (χ0) is 18.4. The van der Waals surface area contributed by atoms with Crippen LogP contribution in [0.3, 0.4) is 0 Å². The van der Waals surface area contributed by atoms with Gasteiger partial charge in [-0.05, 0) is 41.3 Å². The third-order valence-corrected chi connectivity index (χ3v) is 3.80. The number of rotatable bonds is 5. The van der Waals surface area contributed by atoms with Crippen LogP contribution in [0.4, 0.5) is 5.69 Å². The Bertz CT molecular complexity index is 771. The topological polar surface area (TPSA) is 58.2 Å². The van der Waals surface area contributed by atoms with Crippen molar-refractivity contribution in [1.82, 2.24) is 5.32 Å². The fourth-order valence-corrected chi connectivity index (χ4v) is 2.33. The minimum atomic E-state index is -0.248. The molecule has 25 heavy (non-hydrogen) atoms. The van der Waals surface area contributed by atoms with Gasteiger partial charge in [0.1, 0.15) is 0 Å². The number of benzene rings is 2. The summed E-state index contributed by atoms with van der Waals surface area (Å²) in [5.41, 5.74) is 2.87. The summed E-state index contributed by atoms with van der Waals surface area (Å²) in [6, 6.07) is 14.4. The summed E-state index contributed by atoms with van der Waals surface area (Å²) >= 11 is 0. The van der Waals surface area contributed by atoms with Crippen LogP contribution in [0.2, 0.25) is 0 Å². The minimum Gasteiger partial charge on any atom is -0.349 e. The van der Waals surface area contributed by atoms with Crippen LogP contribution in [0.1, 0.15) is 47.1 Å². The third-order valence-electron chi connectivity index (χ3n) is 3.80. The van der Waals surface area contributed by atoms with E-state index < -0.39 is 0 Å². The Kier molecular flexibility index (Phi) is 5.75. The molecule has 2 amide bonds. The van der Waals surface area contributed by atoms with Gasteiger partial charge in [-0.25, -0.2) is 0 Å². The van der Waals surface area contributed by atoms with Crippen LogP contribution in [-0.2, 0) is 5.41 Å². The molecule has 0 bridgehead atoms. The van der Waals surface area contributed by atoms with Gasteiger partial charge in [0.2, 0.25) is 0 Å². The Morgan fingerprint density at radius 2 is 1.60 bits per heavy atom. The van der Waals surface area contributed by atoms with Gasteiger partial charge in [0.15, 0.2) is 0 Å². The summed E-state index contributed by atoms with van der Waals surface area (Å²) in [7, 11) is 0. The molecule has 0 aliphatic carbocycles. The van der Waals surface area contributed by atoms with Gasteiger partial charge in [0.05, 0.1) is 0 Å². The van der Waals surface area contributed by atoms with Crippen LogP contribution in [0.5, 0.6) is 0 Å². The van der Waals surface area contributed by atoms with E-state index in [2.05, 4.69) is 38.0 Å². The predicted octanol–water partition coefficient (Wildman–Crippen LogP) is 4.15. The second-order valence-corrected chi connectivity index (χ2v) is 6.86. The first-order chi connectivity index (χ1) is 11.8. The van der Waals surface area contributed by atoms with Crippen LogP contribution in [0, 0.1) is 0 Å². The molecule has 0 radical (unpaired) electrons. The molecule has 2 aromatic rings. The molecular weight excluding hydrogens is 312 g/mol.